The molecular weight excluding hydrogens is 314 g/mol. The number of aryl methyl sites for hydroxylation is 1. The molecule has 1 amide bonds. The summed E-state index contributed by atoms with van der Waals surface area (Å²) in [6.45, 7) is 11.6. The van der Waals surface area contributed by atoms with Gasteiger partial charge in [0.2, 0.25) is 0 Å². The van der Waals surface area contributed by atoms with E-state index < -0.39 is 0 Å². The predicted molar refractivity (Wildman–Crippen MR) is 102 cm³/mol. The van der Waals surface area contributed by atoms with E-state index in [9.17, 15) is 4.79 Å². The Labute approximate surface area is 152 Å². The number of likely N-dealkylation sites (N-methyl/N-ethyl adjacent to an activating group) is 1. The number of amides is 1. The van der Waals surface area contributed by atoms with Crippen molar-refractivity contribution in [3.63, 3.8) is 0 Å². The second-order valence-corrected chi connectivity index (χ2v) is 7.53. The topological polar surface area (TPSA) is 44.8 Å². The monoisotopic (exact) mass is 347 g/mol. The molecule has 0 spiro atoms. The van der Waals surface area contributed by atoms with Gasteiger partial charge in [-0.3, -0.25) is 9.69 Å². The van der Waals surface area contributed by atoms with Gasteiger partial charge < -0.3 is 15.0 Å². The van der Waals surface area contributed by atoms with E-state index >= 15 is 0 Å². The van der Waals surface area contributed by atoms with Crippen LogP contribution in [-0.2, 0) is 4.79 Å². The van der Waals surface area contributed by atoms with Gasteiger partial charge in [-0.15, -0.1) is 0 Å². The van der Waals surface area contributed by atoms with Crippen molar-refractivity contribution in [1.29, 1.82) is 0 Å². The molecule has 1 fully saturated rings. The molecule has 25 heavy (non-hydrogen) atoms. The number of hydrogen-bond acceptors (Lipinski definition) is 4. The van der Waals surface area contributed by atoms with Gasteiger partial charge in [-0.2, -0.15) is 0 Å². The van der Waals surface area contributed by atoms with E-state index in [1.54, 1.807) is 0 Å². The highest BCUT2D eigenvalue weighted by molar-refractivity contribution is 5.77. The van der Waals surface area contributed by atoms with Crippen molar-refractivity contribution in [3.05, 3.63) is 29.8 Å². The summed E-state index contributed by atoms with van der Waals surface area (Å²) < 4.78 is 5.56. The fraction of sp³-hybridized carbons (Fsp3) is 0.650. The van der Waals surface area contributed by atoms with E-state index in [1.165, 1.54) is 5.56 Å². The quantitative estimate of drug-likeness (QED) is 0.783. The van der Waals surface area contributed by atoms with Crippen molar-refractivity contribution in [3.8, 4) is 5.75 Å². The van der Waals surface area contributed by atoms with Crippen LogP contribution in [0.1, 0.15) is 25.8 Å². The van der Waals surface area contributed by atoms with E-state index in [1.807, 2.05) is 31.2 Å². The van der Waals surface area contributed by atoms with Crippen LogP contribution in [0.3, 0.4) is 0 Å². The molecule has 1 atom stereocenters. The molecule has 1 aromatic rings. The van der Waals surface area contributed by atoms with Crippen molar-refractivity contribution in [1.82, 2.24) is 15.1 Å². The lowest BCUT2D eigenvalue weighted by Gasteiger charge is -2.38. The average Bonchev–Trinajstić information content (AvgIpc) is 2.58. The number of benzene rings is 1. The summed E-state index contributed by atoms with van der Waals surface area (Å²) in [5.74, 6) is 1.30. The molecule has 1 saturated heterocycles. The number of hydrogen-bond donors (Lipinski definition) is 1. The van der Waals surface area contributed by atoms with Crippen molar-refractivity contribution in [2.24, 2.45) is 5.92 Å². The summed E-state index contributed by atoms with van der Waals surface area (Å²) >= 11 is 0. The third-order valence-electron chi connectivity index (χ3n) is 4.72. The fourth-order valence-corrected chi connectivity index (χ4v) is 3.16. The summed E-state index contributed by atoms with van der Waals surface area (Å²) in [6, 6.07) is 8.17. The minimum absolute atomic E-state index is 0.0524. The van der Waals surface area contributed by atoms with Gasteiger partial charge in [0, 0.05) is 38.8 Å². The molecule has 1 aromatic carbocycles. The van der Waals surface area contributed by atoms with Gasteiger partial charge in [-0.25, -0.2) is 0 Å². The van der Waals surface area contributed by atoms with E-state index in [4.69, 9.17) is 4.74 Å². The second kappa shape index (κ2) is 9.78. The highest BCUT2D eigenvalue weighted by Crippen LogP contribution is 2.14. The first-order valence-corrected chi connectivity index (χ1v) is 9.33. The van der Waals surface area contributed by atoms with Crippen molar-refractivity contribution in [2.45, 2.75) is 33.2 Å². The standard InChI is InChI=1S/C20H33N3O2/c1-16(2)13-18(23-11-9-22(4)10-12-23)14-21-20(24)15-25-19-7-5-17(3)6-8-19/h5-8,16,18H,9-15H2,1-4H3,(H,21,24). The predicted octanol–water partition coefficient (Wildman–Crippen LogP) is 2.15. The first kappa shape index (κ1) is 19.7. The van der Waals surface area contributed by atoms with Gasteiger partial charge in [0.15, 0.2) is 6.61 Å². The lowest BCUT2D eigenvalue weighted by atomic mass is 10.0. The van der Waals surface area contributed by atoms with Crippen LogP contribution in [0.25, 0.3) is 0 Å². The SMILES string of the molecule is Cc1ccc(OCC(=O)NCC(CC(C)C)N2CCN(C)CC2)cc1. The maximum absolute atomic E-state index is 12.1. The molecule has 1 N–H and O–H groups in total. The number of ether oxygens (including phenoxy) is 1. The van der Waals surface area contributed by atoms with Crippen LogP contribution in [0.15, 0.2) is 24.3 Å². The molecule has 0 aliphatic carbocycles. The summed E-state index contributed by atoms with van der Waals surface area (Å²) in [7, 11) is 2.17. The van der Waals surface area contributed by atoms with E-state index in [0.717, 1.165) is 38.3 Å². The average molecular weight is 348 g/mol. The molecule has 1 heterocycles. The normalized spacial score (nSPS) is 17.5. The van der Waals surface area contributed by atoms with Crippen LogP contribution in [-0.4, -0.2) is 68.1 Å². The molecule has 1 aliphatic heterocycles. The third kappa shape index (κ3) is 7.04. The Bertz CT molecular complexity index is 522. The highest BCUT2D eigenvalue weighted by atomic mass is 16.5. The molecule has 0 radical (unpaired) electrons. The molecule has 140 valence electrons. The number of carbonyl (C=O) groups excluding carboxylic acids is 1. The zero-order valence-corrected chi connectivity index (χ0v) is 16.1. The van der Waals surface area contributed by atoms with Gasteiger partial charge in [-0.1, -0.05) is 31.5 Å². The van der Waals surface area contributed by atoms with Gasteiger partial charge in [0.25, 0.3) is 5.91 Å². The summed E-state index contributed by atoms with van der Waals surface area (Å²) in [6.07, 6.45) is 1.10. The zero-order chi connectivity index (χ0) is 18.2. The molecular formula is C20H33N3O2. The van der Waals surface area contributed by atoms with Crippen molar-refractivity contribution >= 4 is 5.91 Å². The number of carbonyl (C=O) groups is 1. The summed E-state index contributed by atoms with van der Waals surface area (Å²) in [5, 5.41) is 3.06. The number of nitrogens with zero attached hydrogens (tertiary/aromatic N) is 2. The molecule has 5 nitrogen and oxygen atoms in total. The molecule has 1 aliphatic rings. The Morgan fingerprint density at radius 2 is 1.80 bits per heavy atom. The van der Waals surface area contributed by atoms with Gasteiger partial charge in [0.1, 0.15) is 5.75 Å². The Morgan fingerprint density at radius 3 is 2.40 bits per heavy atom. The molecule has 1 unspecified atom stereocenters. The fourth-order valence-electron chi connectivity index (χ4n) is 3.16. The Hall–Kier alpha value is -1.59. The smallest absolute Gasteiger partial charge is 0.257 e. The summed E-state index contributed by atoms with van der Waals surface area (Å²) in [5.41, 5.74) is 1.18. The van der Waals surface area contributed by atoms with Gasteiger partial charge >= 0.3 is 0 Å². The lowest BCUT2D eigenvalue weighted by molar-refractivity contribution is -0.123. The van der Waals surface area contributed by atoms with E-state index in [2.05, 4.69) is 36.0 Å². The number of piperazine rings is 1. The van der Waals surface area contributed by atoms with Crippen LogP contribution in [0.4, 0.5) is 0 Å². The van der Waals surface area contributed by atoms with E-state index in [-0.39, 0.29) is 12.5 Å². The van der Waals surface area contributed by atoms with Gasteiger partial charge in [-0.05, 0) is 38.4 Å². The molecule has 0 saturated carbocycles. The largest absolute Gasteiger partial charge is 0.484 e. The van der Waals surface area contributed by atoms with Crippen LogP contribution in [0.5, 0.6) is 5.75 Å². The van der Waals surface area contributed by atoms with Crippen molar-refractivity contribution in [2.75, 3.05) is 46.4 Å². The zero-order valence-electron chi connectivity index (χ0n) is 16.1. The van der Waals surface area contributed by atoms with Crippen LogP contribution in [0, 0.1) is 12.8 Å². The maximum atomic E-state index is 12.1. The van der Waals surface area contributed by atoms with E-state index in [0.29, 0.717) is 18.5 Å². The minimum atomic E-state index is -0.0524. The third-order valence-corrected chi connectivity index (χ3v) is 4.72. The molecule has 0 bridgehead atoms. The Balaban J connectivity index is 1.78. The Kier molecular flexibility index (Phi) is 7.72. The second-order valence-electron chi connectivity index (χ2n) is 7.53. The number of rotatable bonds is 8. The summed E-state index contributed by atoms with van der Waals surface area (Å²) in [4.78, 5) is 17.0. The lowest BCUT2D eigenvalue weighted by Crippen LogP contribution is -2.53. The van der Waals surface area contributed by atoms with Crippen LogP contribution >= 0.6 is 0 Å². The van der Waals surface area contributed by atoms with Crippen LogP contribution in [0.2, 0.25) is 0 Å². The molecule has 0 aromatic heterocycles. The van der Waals surface area contributed by atoms with Crippen molar-refractivity contribution < 1.29 is 9.53 Å². The first-order chi connectivity index (χ1) is 11.9. The molecule has 2 rings (SSSR count). The molecule has 5 heteroatoms. The minimum Gasteiger partial charge on any atom is -0.484 e. The first-order valence-electron chi connectivity index (χ1n) is 9.33. The highest BCUT2D eigenvalue weighted by Gasteiger charge is 2.23. The van der Waals surface area contributed by atoms with Gasteiger partial charge in [0.05, 0.1) is 0 Å². The number of nitrogens with one attached hydrogen (secondary N) is 1. The van der Waals surface area contributed by atoms with Crippen LogP contribution < -0.4 is 10.1 Å². The maximum Gasteiger partial charge on any atom is 0.257 e. The Morgan fingerprint density at radius 1 is 1.16 bits per heavy atom.